The Morgan fingerprint density at radius 1 is 1.21 bits per heavy atom. The molecule has 100 valence electrons. The fourth-order valence-corrected chi connectivity index (χ4v) is 2.77. The second kappa shape index (κ2) is 4.91. The van der Waals surface area contributed by atoms with E-state index in [1.807, 2.05) is 21.5 Å². The van der Waals surface area contributed by atoms with Gasteiger partial charge in [0.1, 0.15) is 5.82 Å². The zero-order chi connectivity index (χ0) is 13.2. The summed E-state index contributed by atoms with van der Waals surface area (Å²) in [7, 11) is 0. The van der Waals surface area contributed by atoms with Crippen LogP contribution < -0.4 is 11.3 Å². The molecule has 0 fully saturated rings. The van der Waals surface area contributed by atoms with E-state index in [0.29, 0.717) is 5.82 Å². The molecule has 2 aromatic heterocycles. The summed E-state index contributed by atoms with van der Waals surface area (Å²) < 4.78 is 3.75. The van der Waals surface area contributed by atoms with Gasteiger partial charge < -0.3 is 10.3 Å². The highest BCUT2D eigenvalue weighted by Gasteiger charge is 2.15. The molecule has 0 bridgehead atoms. The minimum atomic E-state index is 0.112. The average Bonchev–Trinajstić information content (AvgIpc) is 3.01. The minimum Gasteiger partial charge on any atom is -0.382 e. The van der Waals surface area contributed by atoms with Gasteiger partial charge in [-0.15, -0.1) is 0 Å². The summed E-state index contributed by atoms with van der Waals surface area (Å²) in [5.74, 6) is 0.540. The van der Waals surface area contributed by atoms with Gasteiger partial charge in [-0.25, -0.2) is 0 Å². The van der Waals surface area contributed by atoms with Crippen molar-refractivity contribution in [1.82, 2.24) is 14.3 Å². The Bertz CT molecular complexity index is 641. The number of fused-ring (bicyclic) bond motifs is 1. The monoisotopic (exact) mass is 258 g/mol. The quantitative estimate of drug-likeness (QED) is 0.896. The van der Waals surface area contributed by atoms with E-state index < -0.39 is 0 Å². The van der Waals surface area contributed by atoms with Crippen molar-refractivity contribution in [2.45, 2.75) is 38.8 Å². The van der Waals surface area contributed by atoms with Gasteiger partial charge in [0.15, 0.2) is 0 Å². The lowest BCUT2D eigenvalue weighted by atomic mass is 10.2. The number of anilines is 1. The molecule has 3 rings (SSSR count). The van der Waals surface area contributed by atoms with E-state index in [1.165, 1.54) is 11.3 Å². The fourth-order valence-electron chi connectivity index (χ4n) is 2.77. The molecule has 0 unspecified atom stereocenters. The van der Waals surface area contributed by atoms with Crippen molar-refractivity contribution in [2.24, 2.45) is 0 Å². The van der Waals surface area contributed by atoms with E-state index in [-0.39, 0.29) is 5.56 Å². The highest BCUT2D eigenvalue weighted by Crippen LogP contribution is 2.20. The summed E-state index contributed by atoms with van der Waals surface area (Å²) in [4.78, 5) is 11.9. The van der Waals surface area contributed by atoms with Crippen molar-refractivity contribution < 1.29 is 0 Å². The zero-order valence-electron chi connectivity index (χ0n) is 10.9. The molecule has 0 radical (unpaired) electrons. The first-order valence-electron chi connectivity index (χ1n) is 6.74. The maximum atomic E-state index is 11.9. The van der Waals surface area contributed by atoms with Crippen LogP contribution in [0.1, 0.15) is 24.1 Å². The molecular formula is C14H18N4O. The van der Waals surface area contributed by atoms with Gasteiger partial charge in [-0.2, -0.15) is 5.10 Å². The Hall–Kier alpha value is -2.04. The molecule has 2 N–H and O–H groups in total. The number of aryl methyl sites for hydroxylation is 2. The third kappa shape index (κ3) is 2.41. The Labute approximate surface area is 111 Å². The number of pyridine rings is 1. The normalized spacial score (nSPS) is 13.7. The molecule has 2 heterocycles. The molecule has 5 nitrogen and oxygen atoms in total. The molecule has 0 amide bonds. The van der Waals surface area contributed by atoms with Crippen LogP contribution in [0.2, 0.25) is 0 Å². The second-order valence-corrected chi connectivity index (χ2v) is 5.01. The number of aromatic nitrogens is 3. The van der Waals surface area contributed by atoms with Crippen LogP contribution in [0.25, 0.3) is 0 Å². The molecule has 0 aromatic carbocycles. The summed E-state index contributed by atoms with van der Waals surface area (Å²) in [6, 6.07) is 5.46. The Morgan fingerprint density at radius 3 is 2.89 bits per heavy atom. The summed E-state index contributed by atoms with van der Waals surface area (Å²) >= 11 is 0. The predicted molar refractivity (Wildman–Crippen MR) is 74.0 cm³/mol. The van der Waals surface area contributed by atoms with Crippen LogP contribution >= 0.6 is 0 Å². The van der Waals surface area contributed by atoms with Crippen molar-refractivity contribution in [1.29, 1.82) is 0 Å². The van der Waals surface area contributed by atoms with Gasteiger partial charge in [-0.1, -0.05) is 6.07 Å². The number of rotatable bonds is 4. The van der Waals surface area contributed by atoms with Crippen LogP contribution in [0, 0.1) is 0 Å². The summed E-state index contributed by atoms with van der Waals surface area (Å²) in [5.41, 5.74) is 8.25. The first-order valence-corrected chi connectivity index (χ1v) is 6.74. The molecule has 0 saturated heterocycles. The van der Waals surface area contributed by atoms with Crippen LogP contribution in [-0.2, 0) is 25.9 Å². The fraction of sp³-hybridized carbons (Fsp3) is 0.429. The zero-order valence-corrected chi connectivity index (χ0v) is 10.9. The number of hydrogen-bond donors (Lipinski definition) is 1. The SMILES string of the molecule is Nc1ccn(CCCn2c3c(ccc2=O)CCC3)n1. The summed E-state index contributed by atoms with van der Waals surface area (Å²) in [5, 5.41) is 4.14. The van der Waals surface area contributed by atoms with Gasteiger partial charge in [0.25, 0.3) is 5.56 Å². The number of nitrogens with two attached hydrogens (primary N) is 1. The molecule has 0 aliphatic heterocycles. The van der Waals surface area contributed by atoms with Gasteiger partial charge in [-0.3, -0.25) is 9.48 Å². The summed E-state index contributed by atoms with van der Waals surface area (Å²) in [6.45, 7) is 1.54. The van der Waals surface area contributed by atoms with Gasteiger partial charge >= 0.3 is 0 Å². The molecule has 5 heteroatoms. The van der Waals surface area contributed by atoms with Gasteiger partial charge in [0.05, 0.1) is 0 Å². The van der Waals surface area contributed by atoms with Crippen LogP contribution in [-0.4, -0.2) is 14.3 Å². The van der Waals surface area contributed by atoms with E-state index in [4.69, 9.17) is 5.73 Å². The second-order valence-electron chi connectivity index (χ2n) is 5.01. The molecule has 2 aromatic rings. The Balaban J connectivity index is 1.70. The van der Waals surface area contributed by atoms with Crippen LogP contribution in [0.15, 0.2) is 29.2 Å². The van der Waals surface area contributed by atoms with Crippen molar-refractivity contribution in [3.05, 3.63) is 46.0 Å². The maximum absolute atomic E-state index is 11.9. The first kappa shape index (κ1) is 12.0. The van der Waals surface area contributed by atoms with E-state index in [9.17, 15) is 4.79 Å². The average molecular weight is 258 g/mol. The first-order chi connectivity index (χ1) is 9.24. The lowest BCUT2D eigenvalue weighted by Gasteiger charge is -2.11. The van der Waals surface area contributed by atoms with E-state index in [0.717, 1.165) is 38.8 Å². The number of nitrogens with zero attached hydrogens (tertiary/aromatic N) is 3. The third-order valence-corrected chi connectivity index (χ3v) is 3.68. The minimum absolute atomic E-state index is 0.112. The third-order valence-electron chi connectivity index (χ3n) is 3.68. The summed E-state index contributed by atoms with van der Waals surface area (Å²) in [6.07, 6.45) is 6.05. The van der Waals surface area contributed by atoms with E-state index >= 15 is 0 Å². The molecule has 1 aliphatic rings. The molecule has 19 heavy (non-hydrogen) atoms. The van der Waals surface area contributed by atoms with Gasteiger partial charge in [-0.05, 0) is 37.3 Å². The van der Waals surface area contributed by atoms with E-state index in [2.05, 4.69) is 5.10 Å². The standard InChI is InChI=1S/C14H18N4O/c15-13-7-10-17(16-13)8-2-9-18-12-4-1-3-11(12)5-6-14(18)19/h5-7,10H,1-4,8-9H2,(H2,15,16). The molecule has 1 aliphatic carbocycles. The lowest BCUT2D eigenvalue weighted by molar-refractivity contribution is 0.512. The van der Waals surface area contributed by atoms with Crippen molar-refractivity contribution in [2.75, 3.05) is 5.73 Å². The number of hydrogen-bond acceptors (Lipinski definition) is 3. The largest absolute Gasteiger partial charge is 0.382 e. The van der Waals surface area contributed by atoms with Crippen molar-refractivity contribution in [3.8, 4) is 0 Å². The molecule has 0 spiro atoms. The molecular weight excluding hydrogens is 240 g/mol. The predicted octanol–water partition coefficient (Wildman–Crippen LogP) is 1.21. The maximum Gasteiger partial charge on any atom is 0.250 e. The van der Waals surface area contributed by atoms with Gasteiger partial charge in [0, 0.05) is 31.0 Å². The Morgan fingerprint density at radius 2 is 2.11 bits per heavy atom. The van der Waals surface area contributed by atoms with E-state index in [1.54, 1.807) is 12.1 Å². The smallest absolute Gasteiger partial charge is 0.250 e. The number of nitrogen functional groups attached to an aromatic ring is 1. The van der Waals surface area contributed by atoms with Crippen molar-refractivity contribution in [3.63, 3.8) is 0 Å². The Kier molecular flexibility index (Phi) is 3.11. The highest BCUT2D eigenvalue weighted by atomic mass is 16.1. The lowest BCUT2D eigenvalue weighted by Crippen LogP contribution is -2.23. The topological polar surface area (TPSA) is 65.8 Å². The van der Waals surface area contributed by atoms with Crippen molar-refractivity contribution >= 4 is 5.82 Å². The van der Waals surface area contributed by atoms with Crippen LogP contribution in [0.3, 0.4) is 0 Å². The molecule has 0 atom stereocenters. The molecule has 0 saturated carbocycles. The van der Waals surface area contributed by atoms with Crippen LogP contribution in [0.5, 0.6) is 0 Å². The van der Waals surface area contributed by atoms with Gasteiger partial charge in [0.2, 0.25) is 0 Å². The van der Waals surface area contributed by atoms with Crippen LogP contribution in [0.4, 0.5) is 5.82 Å². The highest BCUT2D eigenvalue weighted by molar-refractivity contribution is 5.26.